The van der Waals surface area contributed by atoms with Crippen molar-refractivity contribution < 1.29 is 4.21 Å². The maximum absolute atomic E-state index is 11.0. The van der Waals surface area contributed by atoms with E-state index >= 15 is 0 Å². The SMILES string of the molecule is CCS(=O)CCNCc1ccn[nH]1. The van der Waals surface area contributed by atoms with Gasteiger partial charge < -0.3 is 5.32 Å². The van der Waals surface area contributed by atoms with Crippen molar-refractivity contribution in [2.24, 2.45) is 0 Å². The number of rotatable bonds is 6. The molecule has 1 unspecified atom stereocenters. The van der Waals surface area contributed by atoms with Crippen LogP contribution < -0.4 is 5.32 Å². The van der Waals surface area contributed by atoms with Gasteiger partial charge in [-0.2, -0.15) is 5.10 Å². The Bertz CT molecular complexity index is 248. The van der Waals surface area contributed by atoms with Gasteiger partial charge in [-0.25, -0.2) is 0 Å². The van der Waals surface area contributed by atoms with Crippen molar-refractivity contribution in [1.29, 1.82) is 0 Å². The Balaban J connectivity index is 2.05. The third kappa shape index (κ3) is 4.19. The molecule has 0 saturated heterocycles. The first-order valence-corrected chi connectivity index (χ1v) is 5.85. The third-order valence-electron chi connectivity index (χ3n) is 1.70. The second-order valence-corrected chi connectivity index (χ2v) is 4.56. The molecule has 0 aromatic carbocycles. The fraction of sp³-hybridized carbons (Fsp3) is 0.625. The van der Waals surface area contributed by atoms with Gasteiger partial charge in [0.25, 0.3) is 0 Å². The first-order valence-electron chi connectivity index (χ1n) is 4.37. The molecule has 1 rings (SSSR count). The highest BCUT2D eigenvalue weighted by molar-refractivity contribution is 7.84. The van der Waals surface area contributed by atoms with Crippen LogP contribution in [-0.4, -0.2) is 32.5 Å². The number of hydrogen-bond acceptors (Lipinski definition) is 3. The molecule has 0 amide bonds. The zero-order valence-electron chi connectivity index (χ0n) is 7.75. The molecular weight excluding hydrogens is 186 g/mol. The van der Waals surface area contributed by atoms with Gasteiger partial charge in [-0.3, -0.25) is 9.31 Å². The summed E-state index contributed by atoms with van der Waals surface area (Å²) in [6.45, 7) is 3.49. The fourth-order valence-electron chi connectivity index (χ4n) is 0.937. The van der Waals surface area contributed by atoms with E-state index in [1.165, 1.54) is 0 Å². The van der Waals surface area contributed by atoms with Gasteiger partial charge in [-0.1, -0.05) is 6.92 Å². The fourth-order valence-corrected chi connectivity index (χ4v) is 1.60. The molecule has 0 aliphatic rings. The van der Waals surface area contributed by atoms with Gasteiger partial charge >= 0.3 is 0 Å². The van der Waals surface area contributed by atoms with Crippen molar-refractivity contribution >= 4 is 10.8 Å². The summed E-state index contributed by atoms with van der Waals surface area (Å²) in [7, 11) is -0.664. The van der Waals surface area contributed by atoms with E-state index in [-0.39, 0.29) is 0 Å². The van der Waals surface area contributed by atoms with Crippen molar-refractivity contribution in [3.63, 3.8) is 0 Å². The Morgan fingerprint density at radius 3 is 3.15 bits per heavy atom. The van der Waals surface area contributed by atoms with Crippen LogP contribution in [0.3, 0.4) is 0 Å². The van der Waals surface area contributed by atoms with Crippen molar-refractivity contribution in [3.05, 3.63) is 18.0 Å². The quantitative estimate of drug-likeness (QED) is 0.649. The van der Waals surface area contributed by atoms with Crippen molar-refractivity contribution in [3.8, 4) is 0 Å². The molecular formula is C8H15N3OS. The van der Waals surface area contributed by atoms with Crippen LogP contribution in [0, 0.1) is 0 Å². The molecule has 1 aromatic rings. The average molecular weight is 201 g/mol. The van der Waals surface area contributed by atoms with E-state index in [9.17, 15) is 4.21 Å². The number of hydrogen-bond donors (Lipinski definition) is 2. The zero-order valence-corrected chi connectivity index (χ0v) is 8.56. The largest absolute Gasteiger partial charge is 0.310 e. The number of nitrogens with one attached hydrogen (secondary N) is 2. The van der Waals surface area contributed by atoms with Crippen LogP contribution in [0.5, 0.6) is 0 Å². The standard InChI is InChI=1S/C8H15N3OS/c1-2-13(12)6-5-9-7-8-3-4-10-11-8/h3-4,9H,2,5-7H2,1H3,(H,10,11). The first kappa shape index (κ1) is 10.4. The summed E-state index contributed by atoms with van der Waals surface area (Å²) in [5, 5.41) is 9.87. The molecule has 74 valence electrons. The number of H-pyrrole nitrogens is 1. The van der Waals surface area contributed by atoms with Crippen molar-refractivity contribution in [1.82, 2.24) is 15.5 Å². The molecule has 0 aliphatic heterocycles. The van der Waals surface area contributed by atoms with E-state index in [2.05, 4.69) is 15.5 Å². The Hall–Kier alpha value is -0.680. The van der Waals surface area contributed by atoms with E-state index in [4.69, 9.17) is 0 Å². The minimum Gasteiger partial charge on any atom is -0.310 e. The predicted octanol–water partition coefficient (Wildman–Crippen LogP) is 0.268. The van der Waals surface area contributed by atoms with Crippen LogP contribution >= 0.6 is 0 Å². The lowest BCUT2D eigenvalue weighted by atomic mass is 10.4. The van der Waals surface area contributed by atoms with E-state index in [0.29, 0.717) is 0 Å². The van der Waals surface area contributed by atoms with Crippen LogP contribution in [0.15, 0.2) is 12.3 Å². The predicted molar refractivity (Wildman–Crippen MR) is 53.8 cm³/mol. The van der Waals surface area contributed by atoms with Gasteiger partial charge in [0.1, 0.15) is 0 Å². The summed E-state index contributed by atoms with van der Waals surface area (Å²) < 4.78 is 11.0. The minimum absolute atomic E-state index is 0.664. The molecule has 0 radical (unpaired) electrons. The minimum atomic E-state index is -0.664. The highest BCUT2D eigenvalue weighted by Gasteiger charge is 1.96. The lowest BCUT2D eigenvalue weighted by molar-refractivity contribution is 0.670. The van der Waals surface area contributed by atoms with Gasteiger partial charge in [0.15, 0.2) is 0 Å². The van der Waals surface area contributed by atoms with E-state index < -0.39 is 10.8 Å². The molecule has 4 nitrogen and oxygen atoms in total. The Labute approximate surface area is 80.6 Å². The third-order valence-corrected chi connectivity index (χ3v) is 3.01. The van der Waals surface area contributed by atoms with Gasteiger partial charge in [-0.15, -0.1) is 0 Å². The summed E-state index contributed by atoms with van der Waals surface area (Å²) in [6, 6.07) is 1.92. The maximum Gasteiger partial charge on any atom is 0.0490 e. The monoisotopic (exact) mass is 201 g/mol. The Kier molecular flexibility index (Phi) is 4.70. The number of aromatic nitrogens is 2. The molecule has 1 aromatic heterocycles. The summed E-state index contributed by atoms with van der Waals surface area (Å²) in [4.78, 5) is 0. The van der Waals surface area contributed by atoms with Gasteiger partial charge in [0.2, 0.25) is 0 Å². The highest BCUT2D eigenvalue weighted by atomic mass is 32.2. The maximum atomic E-state index is 11.0. The summed E-state index contributed by atoms with van der Waals surface area (Å²) in [5.74, 6) is 1.47. The molecule has 0 spiro atoms. The molecule has 2 N–H and O–H groups in total. The second kappa shape index (κ2) is 5.88. The first-order chi connectivity index (χ1) is 6.33. The van der Waals surface area contributed by atoms with E-state index in [0.717, 1.165) is 30.3 Å². The van der Waals surface area contributed by atoms with Crippen LogP contribution in [0.2, 0.25) is 0 Å². The van der Waals surface area contributed by atoms with E-state index in [1.54, 1.807) is 6.20 Å². The molecule has 1 atom stereocenters. The Morgan fingerprint density at radius 2 is 2.54 bits per heavy atom. The smallest absolute Gasteiger partial charge is 0.0490 e. The lowest BCUT2D eigenvalue weighted by Crippen LogP contribution is -2.20. The van der Waals surface area contributed by atoms with E-state index in [1.807, 2.05) is 13.0 Å². The van der Waals surface area contributed by atoms with Gasteiger partial charge in [0, 0.05) is 47.3 Å². The van der Waals surface area contributed by atoms with Crippen LogP contribution in [0.4, 0.5) is 0 Å². The summed E-state index contributed by atoms with van der Waals surface area (Å²) in [6.07, 6.45) is 1.72. The van der Waals surface area contributed by atoms with Crippen molar-refractivity contribution in [2.75, 3.05) is 18.1 Å². The highest BCUT2D eigenvalue weighted by Crippen LogP contribution is 1.89. The number of nitrogens with zero attached hydrogens (tertiary/aromatic N) is 1. The molecule has 0 bridgehead atoms. The average Bonchev–Trinajstić information content (AvgIpc) is 2.64. The van der Waals surface area contributed by atoms with Gasteiger partial charge in [-0.05, 0) is 6.07 Å². The van der Waals surface area contributed by atoms with Crippen LogP contribution in [-0.2, 0) is 17.3 Å². The topological polar surface area (TPSA) is 57.8 Å². The van der Waals surface area contributed by atoms with Crippen LogP contribution in [0.25, 0.3) is 0 Å². The van der Waals surface area contributed by atoms with Crippen LogP contribution in [0.1, 0.15) is 12.6 Å². The zero-order chi connectivity index (χ0) is 9.52. The normalized spacial score (nSPS) is 13.0. The van der Waals surface area contributed by atoms with Gasteiger partial charge in [0.05, 0.1) is 0 Å². The Morgan fingerprint density at radius 1 is 1.69 bits per heavy atom. The number of aromatic amines is 1. The summed E-state index contributed by atoms with van der Waals surface area (Å²) >= 11 is 0. The van der Waals surface area contributed by atoms with Crippen molar-refractivity contribution in [2.45, 2.75) is 13.5 Å². The second-order valence-electron chi connectivity index (χ2n) is 2.69. The molecule has 0 fully saturated rings. The molecule has 1 heterocycles. The molecule has 0 saturated carbocycles. The molecule has 0 aliphatic carbocycles. The molecule has 13 heavy (non-hydrogen) atoms. The molecule has 5 heteroatoms. The lowest BCUT2D eigenvalue weighted by Gasteiger charge is -2.01. The summed E-state index contributed by atoms with van der Waals surface area (Å²) in [5.41, 5.74) is 1.06.